The molecule has 0 radical (unpaired) electrons. The summed E-state index contributed by atoms with van der Waals surface area (Å²) in [4.78, 5) is 23.3. The number of aliphatic hydroxyl groups excluding tert-OH is 2. The number of nitrogens with one attached hydrogen (secondary N) is 2. The molecule has 2 rings (SSSR count). The Balaban J connectivity index is 2.22. The number of carbonyl (C=O) groups excluding carboxylic acids is 2. The zero-order valence-corrected chi connectivity index (χ0v) is 12.8. The third-order valence-electron chi connectivity index (χ3n) is 3.04. The van der Waals surface area contributed by atoms with E-state index in [1.165, 1.54) is 0 Å². The predicted molar refractivity (Wildman–Crippen MR) is 88.1 cm³/mol. The van der Waals surface area contributed by atoms with Crippen LogP contribution in [0.5, 0.6) is 0 Å². The van der Waals surface area contributed by atoms with Crippen LogP contribution in [0.15, 0.2) is 36.4 Å². The van der Waals surface area contributed by atoms with Crippen molar-refractivity contribution in [2.45, 2.75) is 0 Å². The van der Waals surface area contributed by atoms with Crippen molar-refractivity contribution in [2.24, 2.45) is 0 Å². The molecule has 24 heavy (non-hydrogen) atoms. The fourth-order valence-corrected chi connectivity index (χ4v) is 2.10. The number of ether oxygens (including phenoxy) is 2. The summed E-state index contributed by atoms with van der Waals surface area (Å²) in [5, 5.41) is 23.9. The van der Waals surface area contributed by atoms with Crippen LogP contribution in [0, 0.1) is 0 Å². The highest BCUT2D eigenvalue weighted by molar-refractivity contribution is 6.07. The van der Waals surface area contributed by atoms with Crippen molar-refractivity contribution >= 4 is 34.3 Å². The minimum atomic E-state index is -0.683. The molecule has 0 saturated carbocycles. The fourth-order valence-electron chi connectivity index (χ4n) is 2.10. The Bertz CT molecular complexity index is 658. The van der Waals surface area contributed by atoms with Crippen molar-refractivity contribution in [1.29, 1.82) is 0 Å². The molecule has 0 aromatic heterocycles. The molecule has 4 N–H and O–H groups in total. The second-order valence-electron chi connectivity index (χ2n) is 4.68. The highest BCUT2D eigenvalue weighted by Crippen LogP contribution is 2.29. The maximum absolute atomic E-state index is 11.6. The Morgan fingerprint density at radius 1 is 0.792 bits per heavy atom. The van der Waals surface area contributed by atoms with E-state index in [1.807, 2.05) is 0 Å². The first-order valence-corrected chi connectivity index (χ1v) is 7.26. The number of rotatable bonds is 6. The Hall–Kier alpha value is -2.84. The number of anilines is 2. The molecule has 0 aliphatic heterocycles. The lowest BCUT2D eigenvalue weighted by Crippen LogP contribution is -2.17. The number of aliphatic hydroxyl groups is 2. The quantitative estimate of drug-likeness (QED) is 0.641. The second kappa shape index (κ2) is 8.70. The number of hydrogen-bond donors (Lipinski definition) is 4. The first kappa shape index (κ1) is 17.5. The standard InChI is InChI=1S/C16H18N2O6/c19-7-9-23-15(21)17-13-5-1-3-11-12(13)4-2-6-14(11)18-16(22)24-10-8-20/h1-6,19-20H,7-10H2,(H,17,21)(H,18,22). The summed E-state index contributed by atoms with van der Waals surface area (Å²) in [5.41, 5.74) is 1.01. The summed E-state index contributed by atoms with van der Waals surface area (Å²) in [6.07, 6.45) is -1.37. The third kappa shape index (κ3) is 4.58. The van der Waals surface area contributed by atoms with Gasteiger partial charge in [0.05, 0.1) is 24.6 Å². The average Bonchev–Trinajstić information content (AvgIpc) is 2.59. The Morgan fingerprint density at radius 3 is 1.58 bits per heavy atom. The van der Waals surface area contributed by atoms with E-state index in [9.17, 15) is 9.59 Å². The lowest BCUT2D eigenvalue weighted by atomic mass is 10.1. The van der Waals surface area contributed by atoms with Crippen LogP contribution < -0.4 is 10.6 Å². The van der Waals surface area contributed by atoms with Gasteiger partial charge in [-0.3, -0.25) is 10.6 Å². The minimum absolute atomic E-state index is 0.0971. The van der Waals surface area contributed by atoms with E-state index >= 15 is 0 Å². The Labute approximate surface area is 138 Å². The molecule has 0 aliphatic carbocycles. The zero-order chi connectivity index (χ0) is 17.4. The van der Waals surface area contributed by atoms with Crippen molar-refractivity contribution in [2.75, 3.05) is 37.1 Å². The van der Waals surface area contributed by atoms with E-state index in [0.717, 1.165) is 0 Å². The SMILES string of the molecule is O=C(Nc1cccc2c(NC(=O)OCCO)cccc12)OCCO. The molecule has 0 saturated heterocycles. The van der Waals surface area contributed by atoms with E-state index in [2.05, 4.69) is 10.6 Å². The number of amides is 2. The number of benzene rings is 2. The summed E-state index contributed by atoms with van der Waals surface area (Å²) < 4.78 is 9.54. The second-order valence-corrected chi connectivity index (χ2v) is 4.68. The van der Waals surface area contributed by atoms with Crippen molar-refractivity contribution in [3.05, 3.63) is 36.4 Å². The van der Waals surface area contributed by atoms with Gasteiger partial charge in [-0.1, -0.05) is 24.3 Å². The molecule has 0 spiro atoms. The molecule has 2 aromatic carbocycles. The summed E-state index contributed by atoms with van der Waals surface area (Å²) >= 11 is 0. The molecule has 0 heterocycles. The van der Waals surface area contributed by atoms with E-state index in [-0.39, 0.29) is 26.4 Å². The van der Waals surface area contributed by atoms with Gasteiger partial charge in [-0.15, -0.1) is 0 Å². The maximum Gasteiger partial charge on any atom is 0.411 e. The summed E-state index contributed by atoms with van der Waals surface area (Å²) in [7, 11) is 0. The number of carbonyl (C=O) groups is 2. The maximum atomic E-state index is 11.6. The van der Waals surface area contributed by atoms with Crippen LogP contribution in [0.1, 0.15) is 0 Å². The molecule has 128 valence electrons. The van der Waals surface area contributed by atoms with E-state index < -0.39 is 12.2 Å². The van der Waals surface area contributed by atoms with Gasteiger partial charge in [-0.2, -0.15) is 0 Å². The van der Waals surface area contributed by atoms with E-state index in [4.69, 9.17) is 19.7 Å². The molecule has 2 amide bonds. The van der Waals surface area contributed by atoms with Gasteiger partial charge < -0.3 is 19.7 Å². The molecule has 0 fully saturated rings. The fraction of sp³-hybridized carbons (Fsp3) is 0.250. The lowest BCUT2D eigenvalue weighted by Gasteiger charge is -2.12. The van der Waals surface area contributed by atoms with Crippen LogP contribution in [-0.4, -0.2) is 48.8 Å². The summed E-state index contributed by atoms with van der Waals surface area (Å²) in [5.74, 6) is 0. The monoisotopic (exact) mass is 334 g/mol. The van der Waals surface area contributed by atoms with Crippen LogP contribution in [-0.2, 0) is 9.47 Å². The largest absolute Gasteiger partial charge is 0.447 e. The van der Waals surface area contributed by atoms with Crippen molar-refractivity contribution in [3.8, 4) is 0 Å². The highest BCUT2D eigenvalue weighted by atomic mass is 16.6. The molecule has 0 unspecified atom stereocenters. The molecule has 0 bridgehead atoms. The molecular weight excluding hydrogens is 316 g/mol. The molecule has 8 heteroatoms. The highest BCUT2D eigenvalue weighted by Gasteiger charge is 2.10. The van der Waals surface area contributed by atoms with E-state index in [0.29, 0.717) is 22.1 Å². The number of hydrogen-bond acceptors (Lipinski definition) is 6. The van der Waals surface area contributed by atoms with Crippen molar-refractivity contribution < 1.29 is 29.3 Å². The van der Waals surface area contributed by atoms with Gasteiger partial charge in [0.1, 0.15) is 13.2 Å². The molecule has 8 nitrogen and oxygen atoms in total. The van der Waals surface area contributed by atoms with Crippen LogP contribution in [0.4, 0.5) is 21.0 Å². The molecule has 2 aromatic rings. The van der Waals surface area contributed by atoms with Crippen molar-refractivity contribution in [3.63, 3.8) is 0 Å². The van der Waals surface area contributed by atoms with E-state index in [1.54, 1.807) is 36.4 Å². The van der Waals surface area contributed by atoms with Crippen LogP contribution in [0.3, 0.4) is 0 Å². The van der Waals surface area contributed by atoms with Gasteiger partial charge in [0.25, 0.3) is 0 Å². The molecule has 0 atom stereocenters. The molecule has 0 aliphatic rings. The van der Waals surface area contributed by atoms with Crippen LogP contribution in [0.25, 0.3) is 10.8 Å². The average molecular weight is 334 g/mol. The topological polar surface area (TPSA) is 117 Å². The Morgan fingerprint density at radius 2 is 1.21 bits per heavy atom. The van der Waals surface area contributed by atoms with Gasteiger partial charge in [0.15, 0.2) is 0 Å². The summed E-state index contributed by atoms with van der Waals surface area (Å²) in [6, 6.07) is 10.4. The van der Waals surface area contributed by atoms with Crippen LogP contribution in [0.2, 0.25) is 0 Å². The summed E-state index contributed by atoms with van der Waals surface area (Å²) in [6.45, 7) is -0.708. The first-order chi connectivity index (χ1) is 11.7. The van der Waals surface area contributed by atoms with Gasteiger partial charge in [0, 0.05) is 10.8 Å². The van der Waals surface area contributed by atoms with Gasteiger partial charge in [-0.05, 0) is 12.1 Å². The van der Waals surface area contributed by atoms with Gasteiger partial charge >= 0.3 is 12.2 Å². The first-order valence-electron chi connectivity index (χ1n) is 7.26. The van der Waals surface area contributed by atoms with Gasteiger partial charge in [-0.25, -0.2) is 9.59 Å². The zero-order valence-electron chi connectivity index (χ0n) is 12.8. The minimum Gasteiger partial charge on any atom is -0.447 e. The third-order valence-corrected chi connectivity index (χ3v) is 3.04. The Kier molecular flexibility index (Phi) is 6.35. The normalized spacial score (nSPS) is 10.2. The lowest BCUT2D eigenvalue weighted by molar-refractivity contribution is 0.131. The van der Waals surface area contributed by atoms with Gasteiger partial charge in [0.2, 0.25) is 0 Å². The predicted octanol–water partition coefficient (Wildman–Crippen LogP) is 1.92. The number of fused-ring (bicyclic) bond motifs is 1. The van der Waals surface area contributed by atoms with Crippen molar-refractivity contribution in [1.82, 2.24) is 0 Å². The smallest absolute Gasteiger partial charge is 0.411 e. The molecular formula is C16H18N2O6. The van der Waals surface area contributed by atoms with Crippen LogP contribution >= 0.6 is 0 Å².